The molecule has 0 aliphatic carbocycles. The Labute approximate surface area is 181 Å². The highest BCUT2D eigenvalue weighted by Gasteiger charge is 2.30. The fourth-order valence-corrected chi connectivity index (χ4v) is 4.11. The smallest absolute Gasteiger partial charge is 0.330 e. The van der Waals surface area contributed by atoms with E-state index in [0.717, 1.165) is 29.0 Å². The van der Waals surface area contributed by atoms with Gasteiger partial charge >= 0.3 is 6.18 Å². The number of nitrogens with zero attached hydrogens (tertiary/aromatic N) is 4. The van der Waals surface area contributed by atoms with Crippen molar-refractivity contribution in [2.75, 3.05) is 6.54 Å². The van der Waals surface area contributed by atoms with Gasteiger partial charge in [-0.15, -0.1) is 0 Å². The molecule has 5 rings (SSSR count). The molecule has 0 saturated carbocycles. The van der Waals surface area contributed by atoms with Gasteiger partial charge < -0.3 is 9.55 Å². The predicted octanol–water partition coefficient (Wildman–Crippen LogP) is 3.90. The summed E-state index contributed by atoms with van der Waals surface area (Å²) >= 11 is 0. The van der Waals surface area contributed by atoms with Crippen LogP contribution in [0.4, 0.5) is 13.2 Å². The number of halogens is 3. The molecule has 0 amide bonds. The zero-order valence-electron chi connectivity index (χ0n) is 17.3. The lowest BCUT2D eigenvalue weighted by Crippen LogP contribution is -2.36. The van der Waals surface area contributed by atoms with E-state index in [1.165, 1.54) is 12.1 Å². The molecule has 0 unspecified atom stereocenters. The van der Waals surface area contributed by atoms with Crippen molar-refractivity contribution in [2.24, 2.45) is 7.05 Å². The van der Waals surface area contributed by atoms with Gasteiger partial charge in [-0.1, -0.05) is 24.3 Å². The molecule has 1 aliphatic rings. The van der Waals surface area contributed by atoms with Gasteiger partial charge in [0, 0.05) is 32.1 Å². The average molecular weight is 439 g/mol. The summed E-state index contributed by atoms with van der Waals surface area (Å²) in [6, 6.07) is 12.6. The second-order valence-electron chi connectivity index (χ2n) is 7.95. The van der Waals surface area contributed by atoms with Crippen LogP contribution in [0.3, 0.4) is 0 Å². The van der Waals surface area contributed by atoms with E-state index in [0.29, 0.717) is 42.9 Å². The fourth-order valence-electron chi connectivity index (χ4n) is 4.11. The molecular formula is C23H20F3N5O. The standard InChI is InChI=1S/C23H20F3N5O/c1-30-19-5-3-2-4-18(19)27-20(30)13-31-11-10-17-16(12-31)22(32)29-21(28-17)14-6-8-15(9-7-14)23(24,25)26/h2-9H,10-13H2,1H3,(H,28,29,32). The van der Waals surface area contributed by atoms with Crippen LogP contribution in [-0.4, -0.2) is 31.0 Å². The van der Waals surface area contributed by atoms with Crippen molar-refractivity contribution in [1.29, 1.82) is 0 Å². The van der Waals surface area contributed by atoms with Gasteiger partial charge in [-0.25, -0.2) is 9.97 Å². The zero-order valence-corrected chi connectivity index (χ0v) is 17.3. The van der Waals surface area contributed by atoms with Crippen molar-refractivity contribution in [2.45, 2.75) is 25.7 Å². The SMILES string of the molecule is Cn1c(CN2CCc3nc(-c4ccc(C(F)(F)F)cc4)[nH]c(=O)c3C2)nc2ccccc21. The first-order valence-corrected chi connectivity index (χ1v) is 10.2. The van der Waals surface area contributed by atoms with E-state index >= 15 is 0 Å². The maximum absolute atomic E-state index is 12.8. The molecule has 1 aliphatic heterocycles. The number of rotatable bonds is 3. The summed E-state index contributed by atoms with van der Waals surface area (Å²) in [6.07, 6.45) is -3.82. The number of nitrogens with one attached hydrogen (secondary N) is 1. The topological polar surface area (TPSA) is 66.8 Å². The van der Waals surface area contributed by atoms with E-state index in [-0.39, 0.29) is 11.4 Å². The molecule has 6 nitrogen and oxygen atoms in total. The van der Waals surface area contributed by atoms with E-state index in [4.69, 9.17) is 4.98 Å². The molecule has 1 N–H and O–H groups in total. The third kappa shape index (κ3) is 3.69. The summed E-state index contributed by atoms with van der Waals surface area (Å²) in [6.45, 7) is 1.75. The van der Waals surface area contributed by atoms with Crippen LogP contribution in [0.1, 0.15) is 22.6 Å². The molecule has 0 spiro atoms. The number of H-pyrrole nitrogens is 1. The van der Waals surface area contributed by atoms with Gasteiger partial charge in [0.1, 0.15) is 11.6 Å². The van der Waals surface area contributed by atoms with Gasteiger partial charge in [-0.2, -0.15) is 13.2 Å². The molecule has 3 heterocycles. The number of aromatic amines is 1. The average Bonchev–Trinajstić information content (AvgIpc) is 3.09. The van der Waals surface area contributed by atoms with E-state index < -0.39 is 11.7 Å². The Morgan fingerprint density at radius 1 is 1.06 bits per heavy atom. The predicted molar refractivity (Wildman–Crippen MR) is 114 cm³/mol. The molecule has 0 bridgehead atoms. The second-order valence-corrected chi connectivity index (χ2v) is 7.95. The normalized spacial score (nSPS) is 14.6. The Hall–Kier alpha value is -3.46. The van der Waals surface area contributed by atoms with Crippen molar-refractivity contribution in [3.05, 3.63) is 81.5 Å². The van der Waals surface area contributed by atoms with Gasteiger partial charge in [0.2, 0.25) is 0 Å². The van der Waals surface area contributed by atoms with Gasteiger partial charge in [-0.3, -0.25) is 9.69 Å². The number of fused-ring (bicyclic) bond motifs is 2. The first kappa shape index (κ1) is 20.4. The van der Waals surface area contributed by atoms with Crippen LogP contribution in [0, 0.1) is 0 Å². The van der Waals surface area contributed by atoms with Gasteiger partial charge in [0.15, 0.2) is 0 Å². The largest absolute Gasteiger partial charge is 0.416 e. The minimum absolute atomic E-state index is 0.264. The van der Waals surface area contributed by atoms with E-state index in [2.05, 4.69) is 19.4 Å². The molecule has 0 radical (unpaired) electrons. The molecule has 164 valence electrons. The lowest BCUT2D eigenvalue weighted by Gasteiger charge is -2.27. The van der Waals surface area contributed by atoms with Crippen LogP contribution < -0.4 is 5.56 Å². The Morgan fingerprint density at radius 2 is 1.81 bits per heavy atom. The quantitative estimate of drug-likeness (QED) is 0.526. The molecule has 0 atom stereocenters. The monoisotopic (exact) mass is 439 g/mol. The minimum atomic E-state index is -4.41. The summed E-state index contributed by atoms with van der Waals surface area (Å²) in [5, 5.41) is 0. The molecular weight excluding hydrogens is 419 g/mol. The number of aromatic nitrogens is 4. The maximum atomic E-state index is 12.8. The van der Waals surface area contributed by atoms with E-state index in [1.54, 1.807) is 0 Å². The zero-order chi connectivity index (χ0) is 22.5. The molecule has 2 aromatic carbocycles. The maximum Gasteiger partial charge on any atom is 0.416 e. The highest BCUT2D eigenvalue weighted by molar-refractivity contribution is 5.75. The lowest BCUT2D eigenvalue weighted by molar-refractivity contribution is -0.137. The number of para-hydroxylation sites is 2. The Balaban J connectivity index is 1.38. The van der Waals surface area contributed by atoms with Crippen LogP contribution >= 0.6 is 0 Å². The lowest BCUT2D eigenvalue weighted by atomic mass is 10.1. The highest BCUT2D eigenvalue weighted by Crippen LogP contribution is 2.30. The summed E-state index contributed by atoms with van der Waals surface area (Å²) in [5.74, 6) is 1.20. The van der Waals surface area contributed by atoms with Gasteiger partial charge in [0.05, 0.1) is 34.4 Å². The summed E-state index contributed by atoms with van der Waals surface area (Å²) in [4.78, 5) is 26.9. The third-order valence-corrected chi connectivity index (χ3v) is 5.88. The van der Waals surface area contributed by atoms with Crippen LogP contribution in [0.5, 0.6) is 0 Å². The van der Waals surface area contributed by atoms with Crippen molar-refractivity contribution in [3.8, 4) is 11.4 Å². The van der Waals surface area contributed by atoms with Gasteiger partial charge in [0.25, 0.3) is 5.56 Å². The Kier molecular flexibility index (Phi) is 4.85. The molecule has 4 aromatic rings. The molecule has 9 heteroatoms. The van der Waals surface area contributed by atoms with E-state index in [9.17, 15) is 18.0 Å². The summed E-state index contributed by atoms with van der Waals surface area (Å²) in [7, 11) is 1.98. The minimum Gasteiger partial charge on any atom is -0.330 e. The van der Waals surface area contributed by atoms with Crippen LogP contribution in [0.15, 0.2) is 53.3 Å². The van der Waals surface area contributed by atoms with Crippen LogP contribution in [-0.2, 0) is 32.7 Å². The molecule has 32 heavy (non-hydrogen) atoms. The first-order chi connectivity index (χ1) is 15.3. The molecule has 2 aromatic heterocycles. The van der Waals surface area contributed by atoms with Gasteiger partial charge in [-0.05, 0) is 24.3 Å². The number of imidazole rings is 1. The number of benzene rings is 2. The molecule has 0 fully saturated rings. The van der Waals surface area contributed by atoms with Crippen LogP contribution in [0.25, 0.3) is 22.4 Å². The second kappa shape index (κ2) is 7.59. The number of hydrogen-bond donors (Lipinski definition) is 1. The summed E-state index contributed by atoms with van der Waals surface area (Å²) in [5.41, 5.74) is 2.71. The third-order valence-electron chi connectivity index (χ3n) is 5.88. The number of hydrogen-bond acceptors (Lipinski definition) is 4. The summed E-state index contributed by atoms with van der Waals surface area (Å²) < 4.78 is 40.5. The molecule has 0 saturated heterocycles. The number of alkyl halides is 3. The Bertz CT molecular complexity index is 1360. The highest BCUT2D eigenvalue weighted by atomic mass is 19.4. The van der Waals surface area contributed by atoms with Crippen molar-refractivity contribution < 1.29 is 13.2 Å². The van der Waals surface area contributed by atoms with Crippen molar-refractivity contribution in [1.82, 2.24) is 24.4 Å². The van der Waals surface area contributed by atoms with Crippen molar-refractivity contribution in [3.63, 3.8) is 0 Å². The van der Waals surface area contributed by atoms with E-state index in [1.807, 2.05) is 31.3 Å². The fraction of sp³-hybridized carbons (Fsp3) is 0.261. The number of aryl methyl sites for hydroxylation is 1. The Morgan fingerprint density at radius 3 is 2.53 bits per heavy atom. The first-order valence-electron chi connectivity index (χ1n) is 10.2. The van der Waals surface area contributed by atoms with Crippen molar-refractivity contribution >= 4 is 11.0 Å². The van der Waals surface area contributed by atoms with Crippen LogP contribution in [0.2, 0.25) is 0 Å².